The molecule has 4 aromatic rings. The topological polar surface area (TPSA) is 92.5 Å². The van der Waals surface area contributed by atoms with Crippen LogP contribution in [0.25, 0.3) is 11.1 Å². The maximum absolute atomic E-state index is 13.1. The lowest BCUT2D eigenvalue weighted by Gasteiger charge is -2.19. The minimum Gasteiger partial charge on any atom is -0.440 e. The molecule has 8 heteroatoms. The molecule has 1 amide bonds. The fourth-order valence-corrected chi connectivity index (χ4v) is 4.71. The number of sulfonamides is 1. The van der Waals surface area contributed by atoms with Crippen LogP contribution < -0.4 is 9.62 Å². The number of benzene rings is 3. The zero-order valence-corrected chi connectivity index (χ0v) is 18.2. The molecule has 1 aliphatic rings. The maximum Gasteiger partial charge on any atom is 0.264 e. The smallest absolute Gasteiger partial charge is 0.264 e. The normalized spacial score (nSPS) is 13.8. The molecule has 3 aromatic carbocycles. The van der Waals surface area contributed by atoms with Crippen LogP contribution in [-0.4, -0.2) is 26.4 Å². The molecule has 1 saturated carbocycles. The Hall–Kier alpha value is -3.65. The van der Waals surface area contributed by atoms with Crippen molar-refractivity contribution in [2.24, 2.45) is 0 Å². The maximum atomic E-state index is 13.1. The van der Waals surface area contributed by atoms with Gasteiger partial charge in [0.15, 0.2) is 11.5 Å². The van der Waals surface area contributed by atoms with Crippen molar-refractivity contribution in [1.29, 1.82) is 0 Å². The predicted octanol–water partition coefficient (Wildman–Crippen LogP) is 4.78. The van der Waals surface area contributed by atoms with E-state index in [1.54, 1.807) is 54.6 Å². The summed E-state index contributed by atoms with van der Waals surface area (Å²) < 4.78 is 33.0. The van der Waals surface area contributed by atoms with E-state index >= 15 is 0 Å². The standard InChI is InChI=1S/C24H21N3O4S/c1-27(19-7-3-2-4-8-19)32(29,30)20-9-5-6-17(14-20)23(28)25-18-12-13-22-21(15-18)26-24(31-22)16-10-11-16/h2-9,12-16H,10-11H2,1H3,(H,25,28). The van der Waals surface area contributed by atoms with Gasteiger partial charge in [-0.1, -0.05) is 24.3 Å². The first-order valence-electron chi connectivity index (χ1n) is 10.3. The molecule has 0 spiro atoms. The van der Waals surface area contributed by atoms with Crippen molar-refractivity contribution in [3.05, 3.63) is 84.3 Å². The third kappa shape index (κ3) is 3.85. The Morgan fingerprint density at radius 2 is 1.81 bits per heavy atom. The number of hydrogen-bond acceptors (Lipinski definition) is 5. The van der Waals surface area contributed by atoms with Crippen LogP contribution in [0.4, 0.5) is 11.4 Å². The SMILES string of the molecule is CN(c1ccccc1)S(=O)(=O)c1cccc(C(=O)Nc2ccc3oc(C4CC4)nc3c2)c1. The second kappa shape index (κ2) is 7.80. The molecular weight excluding hydrogens is 426 g/mol. The molecule has 0 radical (unpaired) electrons. The molecule has 1 fully saturated rings. The van der Waals surface area contributed by atoms with E-state index in [4.69, 9.17) is 4.42 Å². The quantitative estimate of drug-likeness (QED) is 0.459. The number of nitrogens with one attached hydrogen (secondary N) is 1. The fraction of sp³-hybridized carbons (Fsp3) is 0.167. The molecule has 0 bridgehead atoms. The summed E-state index contributed by atoms with van der Waals surface area (Å²) in [6.45, 7) is 0. The van der Waals surface area contributed by atoms with Crippen LogP contribution in [0.5, 0.6) is 0 Å². The van der Waals surface area contributed by atoms with Gasteiger partial charge in [0.25, 0.3) is 15.9 Å². The van der Waals surface area contributed by atoms with Gasteiger partial charge in [0, 0.05) is 24.2 Å². The molecule has 0 saturated heterocycles. The van der Waals surface area contributed by atoms with Gasteiger partial charge < -0.3 is 9.73 Å². The number of amides is 1. The number of hydrogen-bond donors (Lipinski definition) is 1. The van der Waals surface area contributed by atoms with E-state index in [0.717, 1.165) is 18.7 Å². The molecular formula is C24H21N3O4S. The second-order valence-electron chi connectivity index (χ2n) is 7.80. The van der Waals surface area contributed by atoms with Gasteiger partial charge in [-0.2, -0.15) is 0 Å². The molecule has 5 rings (SSSR count). The Kier molecular flexibility index (Phi) is 4.94. The third-order valence-corrected chi connectivity index (χ3v) is 7.24. The van der Waals surface area contributed by atoms with Crippen LogP contribution in [0.1, 0.15) is 35.0 Å². The first-order valence-corrected chi connectivity index (χ1v) is 11.7. The van der Waals surface area contributed by atoms with Gasteiger partial charge in [-0.05, 0) is 61.4 Å². The van der Waals surface area contributed by atoms with Crippen molar-refractivity contribution < 1.29 is 17.6 Å². The fourth-order valence-electron chi connectivity index (χ4n) is 3.46. The molecule has 32 heavy (non-hydrogen) atoms. The van der Waals surface area contributed by atoms with E-state index in [9.17, 15) is 13.2 Å². The van der Waals surface area contributed by atoms with Crippen LogP contribution in [0.3, 0.4) is 0 Å². The van der Waals surface area contributed by atoms with Crippen LogP contribution in [-0.2, 0) is 10.0 Å². The number of rotatable bonds is 6. The summed E-state index contributed by atoms with van der Waals surface area (Å²) in [7, 11) is -2.33. The Labute approximate surface area is 185 Å². The Morgan fingerprint density at radius 1 is 1.03 bits per heavy atom. The number of aromatic nitrogens is 1. The molecule has 162 valence electrons. The second-order valence-corrected chi connectivity index (χ2v) is 9.77. The van der Waals surface area contributed by atoms with Gasteiger partial charge in [0.05, 0.1) is 10.6 Å². The third-order valence-electron chi connectivity index (χ3n) is 5.46. The molecule has 0 aliphatic heterocycles. The van der Waals surface area contributed by atoms with E-state index in [-0.39, 0.29) is 10.5 Å². The van der Waals surface area contributed by atoms with Crippen molar-refractivity contribution in [3.63, 3.8) is 0 Å². The number of carbonyl (C=O) groups excluding carboxylic acids is 1. The van der Waals surface area contributed by atoms with Gasteiger partial charge in [-0.25, -0.2) is 13.4 Å². The zero-order chi connectivity index (χ0) is 22.3. The molecule has 7 nitrogen and oxygen atoms in total. The summed E-state index contributed by atoms with van der Waals surface area (Å²) in [5.41, 5.74) is 2.71. The van der Waals surface area contributed by atoms with E-state index < -0.39 is 15.9 Å². The molecule has 0 atom stereocenters. The first-order chi connectivity index (χ1) is 15.4. The Bertz CT molecular complexity index is 1410. The minimum atomic E-state index is -3.82. The average Bonchev–Trinajstić information content (AvgIpc) is 3.58. The Morgan fingerprint density at radius 3 is 2.56 bits per heavy atom. The van der Waals surface area contributed by atoms with Crippen molar-refractivity contribution in [2.75, 3.05) is 16.7 Å². The van der Waals surface area contributed by atoms with Crippen LogP contribution >= 0.6 is 0 Å². The molecule has 1 heterocycles. The van der Waals surface area contributed by atoms with Crippen molar-refractivity contribution in [2.45, 2.75) is 23.7 Å². The van der Waals surface area contributed by atoms with Gasteiger partial charge >= 0.3 is 0 Å². The van der Waals surface area contributed by atoms with Gasteiger partial charge in [-0.3, -0.25) is 9.10 Å². The monoisotopic (exact) mass is 447 g/mol. The first kappa shape index (κ1) is 20.3. The number of para-hydroxylation sites is 1. The van der Waals surface area contributed by atoms with Crippen molar-refractivity contribution >= 4 is 38.4 Å². The lowest BCUT2D eigenvalue weighted by atomic mass is 10.2. The number of nitrogens with zero attached hydrogens (tertiary/aromatic N) is 2. The summed E-state index contributed by atoms with van der Waals surface area (Å²) in [6.07, 6.45) is 2.18. The summed E-state index contributed by atoms with van der Waals surface area (Å²) in [5, 5.41) is 2.82. The largest absolute Gasteiger partial charge is 0.440 e. The summed E-state index contributed by atoms with van der Waals surface area (Å²) in [4.78, 5) is 17.4. The highest BCUT2D eigenvalue weighted by Crippen LogP contribution is 2.40. The number of fused-ring (bicyclic) bond motifs is 1. The van der Waals surface area contributed by atoms with Crippen LogP contribution in [0.2, 0.25) is 0 Å². The summed E-state index contributed by atoms with van der Waals surface area (Å²) >= 11 is 0. The molecule has 1 aliphatic carbocycles. The summed E-state index contributed by atoms with van der Waals surface area (Å²) in [5.74, 6) is 0.734. The highest BCUT2D eigenvalue weighted by Gasteiger charge is 2.29. The molecule has 0 unspecified atom stereocenters. The average molecular weight is 448 g/mol. The summed E-state index contributed by atoms with van der Waals surface area (Å²) in [6, 6.07) is 20.0. The van der Waals surface area contributed by atoms with Crippen molar-refractivity contribution in [3.8, 4) is 0 Å². The number of anilines is 2. The van der Waals surface area contributed by atoms with Gasteiger partial charge in [-0.15, -0.1) is 0 Å². The Balaban J connectivity index is 1.38. The van der Waals surface area contributed by atoms with Crippen LogP contribution in [0, 0.1) is 0 Å². The van der Waals surface area contributed by atoms with Crippen LogP contribution in [0.15, 0.2) is 82.1 Å². The lowest BCUT2D eigenvalue weighted by Crippen LogP contribution is -2.26. The van der Waals surface area contributed by atoms with Gasteiger partial charge in [0.2, 0.25) is 0 Å². The number of oxazole rings is 1. The molecule has 1 N–H and O–H groups in total. The highest BCUT2D eigenvalue weighted by atomic mass is 32.2. The van der Waals surface area contributed by atoms with E-state index in [1.807, 2.05) is 6.07 Å². The zero-order valence-electron chi connectivity index (χ0n) is 17.4. The van der Waals surface area contributed by atoms with E-state index in [0.29, 0.717) is 28.4 Å². The minimum absolute atomic E-state index is 0.0394. The van der Waals surface area contributed by atoms with Crippen molar-refractivity contribution in [1.82, 2.24) is 4.98 Å². The van der Waals surface area contributed by atoms with E-state index in [1.165, 1.54) is 23.5 Å². The lowest BCUT2D eigenvalue weighted by molar-refractivity contribution is 0.102. The predicted molar refractivity (Wildman–Crippen MR) is 122 cm³/mol. The van der Waals surface area contributed by atoms with E-state index in [2.05, 4.69) is 10.3 Å². The van der Waals surface area contributed by atoms with Gasteiger partial charge in [0.1, 0.15) is 5.52 Å². The molecule has 1 aromatic heterocycles. The number of carbonyl (C=O) groups is 1. The highest BCUT2D eigenvalue weighted by molar-refractivity contribution is 7.92.